The van der Waals surface area contributed by atoms with E-state index in [0.29, 0.717) is 22.6 Å². The second-order valence-electron chi connectivity index (χ2n) is 3.17. The molecular formula is C10H10N2O4S. The van der Waals surface area contributed by atoms with Gasteiger partial charge in [-0.1, -0.05) is 23.8 Å². The van der Waals surface area contributed by atoms with E-state index in [1.165, 1.54) is 17.8 Å². The molecule has 7 heteroatoms. The predicted molar refractivity (Wildman–Crippen MR) is 58.9 cm³/mol. The maximum absolute atomic E-state index is 10.6. The molecule has 0 amide bonds. The Morgan fingerprint density at radius 3 is 2.94 bits per heavy atom. The highest BCUT2D eigenvalue weighted by atomic mass is 32.2. The zero-order valence-corrected chi connectivity index (χ0v) is 9.86. The molecule has 0 saturated carbocycles. The third-order valence-electron chi connectivity index (χ3n) is 1.96. The number of nitrogens with zero attached hydrogens (tertiary/aromatic N) is 2. The molecule has 6 nitrogen and oxygen atoms in total. The van der Waals surface area contributed by atoms with Crippen LogP contribution < -0.4 is 0 Å². The number of aryl methyl sites for hydroxylation is 1. The van der Waals surface area contributed by atoms with Crippen LogP contribution in [0.3, 0.4) is 0 Å². The standard InChI is InChI=1S/C10H10N2O4S/c1-2-7-11-8(16-12-7)5-17-9-4-3-6(15-9)10(13)14/h3-4H,2,5H2,1H3,(H,13,14). The summed E-state index contributed by atoms with van der Waals surface area (Å²) in [6.07, 6.45) is 0.720. The molecular weight excluding hydrogens is 244 g/mol. The van der Waals surface area contributed by atoms with Crippen LogP contribution in [-0.4, -0.2) is 21.2 Å². The van der Waals surface area contributed by atoms with Crippen LogP contribution in [0.4, 0.5) is 0 Å². The Labute approximate surface area is 101 Å². The van der Waals surface area contributed by atoms with Gasteiger partial charge < -0.3 is 14.0 Å². The SMILES string of the molecule is CCc1noc(CSc2ccc(C(=O)O)o2)n1. The molecule has 0 aliphatic rings. The third kappa shape index (κ3) is 2.88. The minimum atomic E-state index is -1.08. The first-order chi connectivity index (χ1) is 8.19. The van der Waals surface area contributed by atoms with E-state index in [1.54, 1.807) is 6.07 Å². The number of carboxylic acids is 1. The van der Waals surface area contributed by atoms with E-state index in [4.69, 9.17) is 14.0 Å². The summed E-state index contributed by atoms with van der Waals surface area (Å²) in [6.45, 7) is 1.94. The molecule has 1 N–H and O–H groups in total. The van der Waals surface area contributed by atoms with Crippen LogP contribution in [0.5, 0.6) is 0 Å². The lowest BCUT2D eigenvalue weighted by atomic mass is 10.5. The van der Waals surface area contributed by atoms with Gasteiger partial charge >= 0.3 is 5.97 Å². The molecule has 0 radical (unpaired) electrons. The number of carbonyl (C=O) groups is 1. The summed E-state index contributed by atoms with van der Waals surface area (Å²) >= 11 is 1.31. The van der Waals surface area contributed by atoms with Gasteiger partial charge in [-0.05, 0) is 12.1 Å². The van der Waals surface area contributed by atoms with Crippen LogP contribution in [0.15, 0.2) is 26.2 Å². The number of rotatable bonds is 5. The fourth-order valence-corrected chi connectivity index (χ4v) is 1.83. The van der Waals surface area contributed by atoms with Gasteiger partial charge in [-0.15, -0.1) is 0 Å². The number of furan rings is 1. The average Bonchev–Trinajstić information content (AvgIpc) is 2.95. The van der Waals surface area contributed by atoms with Gasteiger partial charge in [0.15, 0.2) is 10.9 Å². The van der Waals surface area contributed by atoms with E-state index in [9.17, 15) is 4.79 Å². The summed E-state index contributed by atoms with van der Waals surface area (Å²) in [4.78, 5) is 14.7. The van der Waals surface area contributed by atoms with Crippen LogP contribution in [0.1, 0.15) is 29.2 Å². The van der Waals surface area contributed by atoms with Crippen molar-refractivity contribution >= 4 is 17.7 Å². The Hall–Kier alpha value is -1.76. The van der Waals surface area contributed by atoms with E-state index in [2.05, 4.69) is 10.1 Å². The largest absolute Gasteiger partial charge is 0.475 e. The highest BCUT2D eigenvalue weighted by Crippen LogP contribution is 2.24. The van der Waals surface area contributed by atoms with Crippen molar-refractivity contribution in [1.29, 1.82) is 0 Å². The second kappa shape index (κ2) is 5.05. The van der Waals surface area contributed by atoms with Crippen molar-refractivity contribution in [3.05, 3.63) is 29.6 Å². The Morgan fingerprint density at radius 1 is 1.53 bits per heavy atom. The molecule has 17 heavy (non-hydrogen) atoms. The number of aromatic nitrogens is 2. The lowest BCUT2D eigenvalue weighted by Gasteiger charge is -1.91. The van der Waals surface area contributed by atoms with E-state index >= 15 is 0 Å². The summed E-state index contributed by atoms with van der Waals surface area (Å²) in [5.41, 5.74) is 0. The van der Waals surface area contributed by atoms with Crippen LogP contribution >= 0.6 is 11.8 Å². The summed E-state index contributed by atoms with van der Waals surface area (Å²) < 4.78 is 10.1. The average molecular weight is 254 g/mol. The monoisotopic (exact) mass is 254 g/mol. The van der Waals surface area contributed by atoms with Crippen LogP contribution in [0, 0.1) is 0 Å². The molecule has 2 rings (SSSR count). The third-order valence-corrected chi connectivity index (χ3v) is 2.85. The van der Waals surface area contributed by atoms with Gasteiger partial charge in [0.1, 0.15) is 0 Å². The molecule has 0 aromatic carbocycles. The lowest BCUT2D eigenvalue weighted by molar-refractivity contribution is 0.0656. The topological polar surface area (TPSA) is 89.4 Å². The summed E-state index contributed by atoms with van der Waals surface area (Å²) in [5.74, 6) is 0.459. The van der Waals surface area contributed by atoms with Crippen molar-refractivity contribution in [2.75, 3.05) is 0 Å². The van der Waals surface area contributed by atoms with Crippen molar-refractivity contribution in [2.24, 2.45) is 0 Å². The van der Waals surface area contributed by atoms with E-state index < -0.39 is 5.97 Å². The van der Waals surface area contributed by atoms with Gasteiger partial charge in [0.25, 0.3) is 0 Å². The molecule has 0 fully saturated rings. The zero-order valence-electron chi connectivity index (χ0n) is 9.04. The molecule has 2 heterocycles. The van der Waals surface area contributed by atoms with Crippen molar-refractivity contribution < 1.29 is 18.8 Å². The van der Waals surface area contributed by atoms with Gasteiger partial charge in [-0.2, -0.15) is 4.98 Å². The molecule has 0 spiro atoms. The normalized spacial score (nSPS) is 10.6. The maximum atomic E-state index is 10.6. The fourth-order valence-electron chi connectivity index (χ4n) is 1.14. The number of thioether (sulfide) groups is 1. The van der Waals surface area contributed by atoms with Gasteiger partial charge in [0.05, 0.1) is 5.75 Å². The number of aromatic carboxylic acids is 1. The molecule has 0 unspecified atom stereocenters. The van der Waals surface area contributed by atoms with Crippen molar-refractivity contribution in [3.8, 4) is 0 Å². The number of hydrogen-bond acceptors (Lipinski definition) is 6. The Kier molecular flexibility index (Phi) is 3.48. The van der Waals surface area contributed by atoms with Gasteiger partial charge in [-0.3, -0.25) is 0 Å². The molecule has 0 bridgehead atoms. The first-order valence-corrected chi connectivity index (χ1v) is 5.95. The Bertz CT molecular complexity index is 520. The van der Waals surface area contributed by atoms with E-state index in [-0.39, 0.29) is 5.76 Å². The minimum Gasteiger partial charge on any atom is -0.475 e. The second-order valence-corrected chi connectivity index (χ2v) is 4.15. The number of carboxylic acid groups (broad SMARTS) is 1. The van der Waals surface area contributed by atoms with Crippen LogP contribution in [0.2, 0.25) is 0 Å². The predicted octanol–water partition coefficient (Wildman–Crippen LogP) is 2.22. The molecule has 2 aromatic heterocycles. The smallest absolute Gasteiger partial charge is 0.371 e. The summed E-state index contributed by atoms with van der Waals surface area (Å²) in [5, 5.41) is 12.9. The molecule has 2 aromatic rings. The molecule has 0 aliphatic heterocycles. The quantitative estimate of drug-likeness (QED) is 0.818. The highest BCUT2D eigenvalue weighted by Gasteiger charge is 2.11. The molecule has 0 atom stereocenters. The molecule has 0 aliphatic carbocycles. The lowest BCUT2D eigenvalue weighted by Crippen LogP contribution is -1.91. The van der Waals surface area contributed by atoms with Crippen molar-refractivity contribution in [2.45, 2.75) is 24.2 Å². The Morgan fingerprint density at radius 2 is 2.35 bits per heavy atom. The van der Waals surface area contributed by atoms with E-state index in [0.717, 1.165) is 6.42 Å². The summed E-state index contributed by atoms with van der Waals surface area (Å²) in [6, 6.07) is 3.02. The number of hydrogen-bond donors (Lipinski definition) is 1. The summed E-state index contributed by atoms with van der Waals surface area (Å²) in [7, 11) is 0. The highest BCUT2D eigenvalue weighted by molar-refractivity contribution is 7.98. The first kappa shape index (κ1) is 11.7. The van der Waals surface area contributed by atoms with Crippen molar-refractivity contribution in [3.63, 3.8) is 0 Å². The van der Waals surface area contributed by atoms with Crippen molar-refractivity contribution in [1.82, 2.24) is 10.1 Å². The fraction of sp³-hybridized carbons (Fsp3) is 0.300. The van der Waals surface area contributed by atoms with Gasteiger partial charge in [-0.25, -0.2) is 4.79 Å². The molecule has 90 valence electrons. The van der Waals surface area contributed by atoms with Gasteiger partial charge in [0.2, 0.25) is 11.7 Å². The first-order valence-electron chi connectivity index (χ1n) is 4.96. The maximum Gasteiger partial charge on any atom is 0.371 e. The van der Waals surface area contributed by atoms with Gasteiger partial charge in [0, 0.05) is 6.42 Å². The molecule has 0 saturated heterocycles. The van der Waals surface area contributed by atoms with Crippen LogP contribution in [-0.2, 0) is 12.2 Å². The Balaban J connectivity index is 1.94. The minimum absolute atomic E-state index is 0.0766. The van der Waals surface area contributed by atoms with E-state index in [1.807, 2.05) is 6.92 Å². The van der Waals surface area contributed by atoms with Crippen LogP contribution in [0.25, 0.3) is 0 Å². The zero-order chi connectivity index (χ0) is 12.3.